The third-order valence-corrected chi connectivity index (χ3v) is 3.55. The molecule has 4 N–H and O–H groups in total. The number of unbranched alkanes of at least 4 members (excludes halogenated alkanes) is 4. The Morgan fingerprint density at radius 3 is 2.33 bits per heavy atom. The van der Waals surface area contributed by atoms with Gasteiger partial charge >= 0.3 is 5.97 Å². The fourth-order valence-corrected chi connectivity index (χ4v) is 2.03. The van der Waals surface area contributed by atoms with E-state index in [4.69, 9.17) is 5.11 Å². The molecule has 0 spiro atoms. The molecule has 0 saturated heterocycles. The number of carboxylic acid groups (broad SMARTS) is 1. The van der Waals surface area contributed by atoms with Gasteiger partial charge in [0.05, 0.1) is 6.61 Å². The zero-order valence-electron chi connectivity index (χ0n) is 13.3. The number of amides is 1. The maximum atomic E-state index is 11.6. The molecule has 1 unspecified atom stereocenters. The van der Waals surface area contributed by atoms with Crippen LogP contribution in [0.1, 0.15) is 58.8 Å². The predicted molar refractivity (Wildman–Crippen MR) is 82.1 cm³/mol. The number of β-amino-alcohol motifs (C(OH)–C–C–N with tert-alkyl or cyclic N) is 1. The summed E-state index contributed by atoms with van der Waals surface area (Å²) in [7, 11) is 0. The topological polar surface area (TPSA) is 98.7 Å². The van der Waals surface area contributed by atoms with Crippen molar-refractivity contribution in [2.45, 2.75) is 64.3 Å². The molecule has 0 fully saturated rings. The Kier molecular flexibility index (Phi) is 10.9. The lowest BCUT2D eigenvalue weighted by molar-refractivity contribution is -0.144. The molecule has 0 aliphatic rings. The first-order valence-electron chi connectivity index (χ1n) is 7.82. The first-order chi connectivity index (χ1) is 9.96. The van der Waals surface area contributed by atoms with Crippen LogP contribution in [0, 0.1) is 0 Å². The predicted octanol–water partition coefficient (Wildman–Crippen LogP) is 1.28. The molecule has 0 aliphatic heterocycles. The second-order valence-corrected chi connectivity index (χ2v) is 5.55. The van der Waals surface area contributed by atoms with Crippen molar-refractivity contribution < 1.29 is 19.8 Å². The zero-order chi connectivity index (χ0) is 16.1. The molecule has 0 bridgehead atoms. The summed E-state index contributed by atoms with van der Waals surface area (Å²) in [6, 6.07) is 0. The van der Waals surface area contributed by atoms with E-state index in [1.807, 2.05) is 0 Å². The molecule has 0 saturated carbocycles. The highest BCUT2D eigenvalue weighted by atomic mass is 16.4. The lowest BCUT2D eigenvalue weighted by atomic mass is 9.98. The summed E-state index contributed by atoms with van der Waals surface area (Å²) in [5.74, 6) is -1.01. The Bertz CT molecular complexity index is 310. The number of carbonyl (C=O) groups excluding carboxylic acids is 1. The Labute approximate surface area is 127 Å². The average molecular weight is 302 g/mol. The number of carboxylic acids is 1. The summed E-state index contributed by atoms with van der Waals surface area (Å²) in [6.07, 6.45) is 6.26. The van der Waals surface area contributed by atoms with E-state index in [0.717, 1.165) is 19.3 Å². The molecule has 1 amide bonds. The standard InChI is InChI=1S/C15H30N2O4/c1-3-4-5-6-7-8-13(19)16-10-9-15(2,14(20)21)17-11-12-18/h17-18H,3-12H2,1-2H3,(H,16,19)(H,20,21). The molecule has 6 nitrogen and oxygen atoms in total. The van der Waals surface area contributed by atoms with E-state index in [1.165, 1.54) is 12.8 Å². The SMILES string of the molecule is CCCCCCCC(=O)NCCC(C)(NCCO)C(=O)O. The minimum atomic E-state index is -1.13. The van der Waals surface area contributed by atoms with E-state index < -0.39 is 11.5 Å². The van der Waals surface area contributed by atoms with Crippen molar-refractivity contribution in [3.05, 3.63) is 0 Å². The molecule has 21 heavy (non-hydrogen) atoms. The van der Waals surface area contributed by atoms with Crippen LogP contribution in [0.3, 0.4) is 0 Å². The van der Waals surface area contributed by atoms with Crippen LogP contribution in [0.4, 0.5) is 0 Å². The van der Waals surface area contributed by atoms with Crippen LogP contribution >= 0.6 is 0 Å². The van der Waals surface area contributed by atoms with Gasteiger partial charge in [0.15, 0.2) is 0 Å². The number of carbonyl (C=O) groups is 2. The summed E-state index contributed by atoms with van der Waals surface area (Å²) < 4.78 is 0. The van der Waals surface area contributed by atoms with Crippen molar-refractivity contribution in [1.29, 1.82) is 0 Å². The minimum absolute atomic E-state index is 0.0265. The van der Waals surface area contributed by atoms with Crippen molar-refractivity contribution in [1.82, 2.24) is 10.6 Å². The van der Waals surface area contributed by atoms with Gasteiger partial charge in [-0.15, -0.1) is 0 Å². The quantitative estimate of drug-likeness (QED) is 0.384. The van der Waals surface area contributed by atoms with Gasteiger partial charge in [0.2, 0.25) is 5.91 Å². The maximum Gasteiger partial charge on any atom is 0.323 e. The highest BCUT2D eigenvalue weighted by Crippen LogP contribution is 2.09. The highest BCUT2D eigenvalue weighted by Gasteiger charge is 2.31. The third-order valence-electron chi connectivity index (χ3n) is 3.55. The Hall–Kier alpha value is -1.14. The van der Waals surface area contributed by atoms with Crippen LogP contribution in [0.2, 0.25) is 0 Å². The third kappa shape index (κ3) is 9.42. The van der Waals surface area contributed by atoms with Gasteiger partial charge in [-0.2, -0.15) is 0 Å². The number of aliphatic carboxylic acids is 1. The first kappa shape index (κ1) is 19.9. The Morgan fingerprint density at radius 1 is 1.10 bits per heavy atom. The molecule has 124 valence electrons. The van der Waals surface area contributed by atoms with Crippen molar-refractivity contribution >= 4 is 11.9 Å². The molecular formula is C15H30N2O4. The number of aliphatic hydroxyl groups is 1. The molecule has 6 heteroatoms. The molecule has 0 heterocycles. The van der Waals surface area contributed by atoms with Crippen molar-refractivity contribution in [3.63, 3.8) is 0 Å². The zero-order valence-corrected chi connectivity index (χ0v) is 13.3. The lowest BCUT2D eigenvalue weighted by Crippen LogP contribution is -2.52. The van der Waals surface area contributed by atoms with Gasteiger partial charge < -0.3 is 15.5 Å². The smallest absolute Gasteiger partial charge is 0.323 e. The summed E-state index contributed by atoms with van der Waals surface area (Å²) in [6.45, 7) is 4.12. The molecule has 0 aromatic rings. The Morgan fingerprint density at radius 2 is 1.76 bits per heavy atom. The number of rotatable bonds is 13. The second kappa shape index (κ2) is 11.5. The van der Waals surface area contributed by atoms with E-state index in [0.29, 0.717) is 13.0 Å². The van der Waals surface area contributed by atoms with Crippen molar-refractivity contribution in [2.75, 3.05) is 19.7 Å². The molecule has 1 atom stereocenters. The molecule has 0 aromatic carbocycles. The average Bonchev–Trinajstić information content (AvgIpc) is 2.44. The molecular weight excluding hydrogens is 272 g/mol. The summed E-state index contributed by atoms with van der Waals surface area (Å²) in [5, 5.41) is 23.5. The molecule has 0 aliphatic carbocycles. The van der Waals surface area contributed by atoms with E-state index in [9.17, 15) is 14.7 Å². The number of nitrogens with one attached hydrogen (secondary N) is 2. The van der Waals surface area contributed by atoms with Crippen LogP contribution in [0.15, 0.2) is 0 Å². The van der Waals surface area contributed by atoms with Gasteiger partial charge in [-0.3, -0.25) is 14.9 Å². The number of hydrogen-bond donors (Lipinski definition) is 4. The summed E-state index contributed by atoms with van der Waals surface area (Å²) in [4.78, 5) is 22.8. The van der Waals surface area contributed by atoms with Crippen LogP contribution in [0.25, 0.3) is 0 Å². The van der Waals surface area contributed by atoms with E-state index in [2.05, 4.69) is 17.6 Å². The lowest BCUT2D eigenvalue weighted by Gasteiger charge is -2.26. The maximum absolute atomic E-state index is 11.6. The van der Waals surface area contributed by atoms with Crippen LogP contribution in [-0.4, -0.2) is 47.3 Å². The van der Waals surface area contributed by atoms with E-state index in [1.54, 1.807) is 6.92 Å². The van der Waals surface area contributed by atoms with Crippen molar-refractivity contribution in [2.24, 2.45) is 0 Å². The van der Waals surface area contributed by atoms with Gasteiger partial charge in [0.1, 0.15) is 5.54 Å². The molecule has 0 radical (unpaired) electrons. The second-order valence-electron chi connectivity index (χ2n) is 5.55. The Balaban J connectivity index is 3.87. The number of hydrogen-bond acceptors (Lipinski definition) is 4. The van der Waals surface area contributed by atoms with Gasteiger partial charge in [0, 0.05) is 19.5 Å². The van der Waals surface area contributed by atoms with Gasteiger partial charge in [-0.05, 0) is 19.8 Å². The fraction of sp³-hybridized carbons (Fsp3) is 0.867. The normalized spacial score (nSPS) is 13.7. The largest absolute Gasteiger partial charge is 0.480 e. The van der Waals surface area contributed by atoms with Gasteiger partial charge in [0.25, 0.3) is 0 Å². The molecule has 0 aromatic heterocycles. The van der Waals surface area contributed by atoms with Crippen LogP contribution < -0.4 is 10.6 Å². The summed E-state index contributed by atoms with van der Waals surface area (Å²) >= 11 is 0. The minimum Gasteiger partial charge on any atom is -0.480 e. The van der Waals surface area contributed by atoms with E-state index >= 15 is 0 Å². The molecule has 0 rings (SSSR count). The van der Waals surface area contributed by atoms with E-state index in [-0.39, 0.29) is 25.5 Å². The first-order valence-corrected chi connectivity index (χ1v) is 7.82. The van der Waals surface area contributed by atoms with Gasteiger partial charge in [-0.1, -0.05) is 32.6 Å². The number of aliphatic hydroxyl groups excluding tert-OH is 1. The fourth-order valence-electron chi connectivity index (χ4n) is 2.03. The summed E-state index contributed by atoms with van der Waals surface area (Å²) in [5.41, 5.74) is -1.13. The van der Waals surface area contributed by atoms with Crippen molar-refractivity contribution in [3.8, 4) is 0 Å². The van der Waals surface area contributed by atoms with Gasteiger partial charge in [-0.25, -0.2) is 0 Å². The monoisotopic (exact) mass is 302 g/mol. The highest BCUT2D eigenvalue weighted by molar-refractivity contribution is 5.79. The van der Waals surface area contributed by atoms with Crippen LogP contribution in [0.5, 0.6) is 0 Å². The van der Waals surface area contributed by atoms with Crippen LogP contribution in [-0.2, 0) is 9.59 Å².